The molecule has 0 bridgehead atoms. The third-order valence-electron chi connectivity index (χ3n) is 3.06. The highest BCUT2D eigenvalue weighted by molar-refractivity contribution is 5.27. The van der Waals surface area contributed by atoms with E-state index in [2.05, 4.69) is 41.3 Å². The lowest BCUT2D eigenvalue weighted by molar-refractivity contribution is 0.447. The summed E-state index contributed by atoms with van der Waals surface area (Å²) in [5.74, 6) is 1.23. The van der Waals surface area contributed by atoms with Gasteiger partial charge in [0.2, 0.25) is 5.89 Å². The van der Waals surface area contributed by atoms with E-state index in [-0.39, 0.29) is 0 Å². The molecule has 21 heavy (non-hydrogen) atoms. The van der Waals surface area contributed by atoms with Crippen LogP contribution in [0, 0.1) is 5.92 Å². The van der Waals surface area contributed by atoms with Crippen molar-refractivity contribution >= 4 is 6.01 Å². The molecule has 0 aromatic carbocycles. The highest BCUT2D eigenvalue weighted by atomic mass is 16.4. The van der Waals surface area contributed by atoms with Crippen molar-refractivity contribution in [3.63, 3.8) is 0 Å². The summed E-state index contributed by atoms with van der Waals surface area (Å²) in [6.45, 7) is 9.50. The molecule has 0 aliphatic heterocycles. The van der Waals surface area contributed by atoms with Crippen LogP contribution in [0.2, 0.25) is 0 Å². The van der Waals surface area contributed by atoms with Gasteiger partial charge in [0, 0.05) is 25.5 Å². The lowest BCUT2D eigenvalue weighted by Gasteiger charge is -2.17. The zero-order valence-electron chi connectivity index (χ0n) is 12.9. The Balaban J connectivity index is 1.94. The number of hydrogen-bond donors (Lipinski definition) is 1. The molecular formula is C15H23N5O. The van der Waals surface area contributed by atoms with Gasteiger partial charge in [-0.2, -0.15) is 0 Å². The first-order valence-electron chi connectivity index (χ1n) is 7.36. The first kappa shape index (κ1) is 15.4. The summed E-state index contributed by atoms with van der Waals surface area (Å²) in [4.78, 5) is 6.07. The van der Waals surface area contributed by atoms with E-state index >= 15 is 0 Å². The Labute approximate surface area is 125 Å². The fourth-order valence-corrected chi connectivity index (χ4v) is 1.94. The average Bonchev–Trinajstić information content (AvgIpc) is 2.94. The van der Waals surface area contributed by atoms with Crippen LogP contribution < -0.4 is 10.2 Å². The van der Waals surface area contributed by atoms with Crippen LogP contribution in [0.4, 0.5) is 6.01 Å². The molecule has 0 saturated heterocycles. The Morgan fingerprint density at radius 2 is 2.00 bits per heavy atom. The van der Waals surface area contributed by atoms with Crippen LogP contribution in [0.1, 0.15) is 32.2 Å². The molecule has 2 aromatic heterocycles. The molecule has 2 rings (SSSR count). The molecule has 0 radical (unpaired) electrons. The second-order valence-corrected chi connectivity index (χ2v) is 5.37. The van der Waals surface area contributed by atoms with E-state index < -0.39 is 0 Å². The second kappa shape index (κ2) is 7.73. The Morgan fingerprint density at radius 3 is 2.67 bits per heavy atom. The third-order valence-corrected chi connectivity index (χ3v) is 3.06. The maximum Gasteiger partial charge on any atom is 0.318 e. The van der Waals surface area contributed by atoms with Gasteiger partial charge in [-0.3, -0.25) is 4.98 Å². The van der Waals surface area contributed by atoms with E-state index in [0.717, 1.165) is 19.6 Å². The van der Waals surface area contributed by atoms with Crippen molar-refractivity contribution in [3.05, 3.63) is 36.0 Å². The van der Waals surface area contributed by atoms with Crippen LogP contribution in [0.25, 0.3) is 0 Å². The van der Waals surface area contributed by atoms with Gasteiger partial charge in [0.05, 0.1) is 6.54 Å². The number of hydrogen-bond acceptors (Lipinski definition) is 6. The number of rotatable bonds is 8. The van der Waals surface area contributed by atoms with E-state index in [9.17, 15) is 0 Å². The molecule has 0 amide bonds. The van der Waals surface area contributed by atoms with Gasteiger partial charge in [-0.25, -0.2) is 0 Å². The quantitative estimate of drug-likeness (QED) is 0.804. The molecule has 0 aliphatic carbocycles. The Kier molecular flexibility index (Phi) is 5.68. The average molecular weight is 289 g/mol. The largest absolute Gasteiger partial charge is 0.407 e. The van der Waals surface area contributed by atoms with Crippen LogP contribution in [0.15, 0.2) is 28.9 Å². The minimum atomic E-state index is 0.565. The van der Waals surface area contributed by atoms with Crippen molar-refractivity contribution in [1.29, 1.82) is 0 Å². The van der Waals surface area contributed by atoms with Crippen LogP contribution in [-0.2, 0) is 13.1 Å². The zero-order chi connectivity index (χ0) is 15.1. The fourth-order valence-electron chi connectivity index (χ4n) is 1.94. The second-order valence-electron chi connectivity index (χ2n) is 5.37. The first-order chi connectivity index (χ1) is 10.2. The lowest BCUT2D eigenvalue weighted by Crippen LogP contribution is -2.22. The maximum atomic E-state index is 5.72. The van der Waals surface area contributed by atoms with Gasteiger partial charge in [0.15, 0.2) is 0 Å². The topological polar surface area (TPSA) is 67.1 Å². The summed E-state index contributed by atoms with van der Waals surface area (Å²) in [5.41, 5.74) is 1.17. The van der Waals surface area contributed by atoms with Crippen molar-refractivity contribution in [2.24, 2.45) is 5.92 Å². The normalized spacial score (nSPS) is 11.0. The molecule has 0 fully saturated rings. The van der Waals surface area contributed by atoms with Gasteiger partial charge < -0.3 is 14.6 Å². The Morgan fingerprint density at radius 1 is 1.24 bits per heavy atom. The van der Waals surface area contributed by atoms with Gasteiger partial charge >= 0.3 is 6.01 Å². The molecule has 2 aromatic rings. The van der Waals surface area contributed by atoms with E-state index in [4.69, 9.17) is 4.42 Å². The molecule has 6 nitrogen and oxygen atoms in total. The van der Waals surface area contributed by atoms with Gasteiger partial charge in [-0.05, 0) is 37.1 Å². The predicted octanol–water partition coefficient (Wildman–Crippen LogP) is 2.24. The van der Waals surface area contributed by atoms with Crippen LogP contribution in [0.5, 0.6) is 0 Å². The summed E-state index contributed by atoms with van der Waals surface area (Å²) >= 11 is 0. The predicted molar refractivity (Wildman–Crippen MR) is 81.8 cm³/mol. The molecule has 114 valence electrons. The number of pyridine rings is 1. The van der Waals surface area contributed by atoms with Crippen molar-refractivity contribution in [2.75, 3.05) is 18.0 Å². The zero-order valence-corrected chi connectivity index (χ0v) is 12.9. The van der Waals surface area contributed by atoms with Crippen LogP contribution in [-0.4, -0.2) is 28.3 Å². The monoisotopic (exact) mass is 289 g/mol. The van der Waals surface area contributed by atoms with Gasteiger partial charge in [0.25, 0.3) is 0 Å². The molecule has 6 heteroatoms. The fraction of sp³-hybridized carbons (Fsp3) is 0.533. The maximum absolute atomic E-state index is 5.72. The summed E-state index contributed by atoms with van der Waals surface area (Å²) in [6, 6.07) is 4.55. The minimum absolute atomic E-state index is 0.565. The van der Waals surface area contributed by atoms with Crippen LogP contribution in [0.3, 0.4) is 0 Å². The van der Waals surface area contributed by atoms with Crippen LogP contribution >= 0.6 is 0 Å². The van der Waals surface area contributed by atoms with Crippen molar-refractivity contribution in [2.45, 2.75) is 33.9 Å². The Bertz CT molecular complexity index is 526. The molecule has 0 saturated carbocycles. The first-order valence-corrected chi connectivity index (χ1v) is 7.36. The molecular weight excluding hydrogens is 266 g/mol. The van der Waals surface area contributed by atoms with E-state index in [0.29, 0.717) is 24.4 Å². The van der Waals surface area contributed by atoms with Gasteiger partial charge in [-0.1, -0.05) is 18.9 Å². The Hall–Kier alpha value is -1.95. The lowest BCUT2D eigenvalue weighted by atomic mass is 10.2. The summed E-state index contributed by atoms with van der Waals surface area (Å²) in [7, 11) is 0. The third kappa shape index (κ3) is 4.82. The SMILES string of the molecule is CCN(Cc1ccncc1)c1nnc(CNCC(C)C)o1. The standard InChI is InChI=1S/C15H23N5O/c1-4-20(11-13-5-7-16-8-6-13)15-19-18-14(21-15)10-17-9-12(2)3/h5-8,12,17H,4,9-11H2,1-3H3. The molecule has 0 atom stereocenters. The number of nitrogens with zero attached hydrogens (tertiary/aromatic N) is 4. The molecule has 0 aliphatic rings. The van der Waals surface area contributed by atoms with Crippen molar-refractivity contribution in [1.82, 2.24) is 20.5 Å². The molecule has 2 heterocycles. The van der Waals surface area contributed by atoms with Gasteiger partial charge in [0.1, 0.15) is 0 Å². The number of nitrogens with one attached hydrogen (secondary N) is 1. The number of aromatic nitrogens is 3. The van der Waals surface area contributed by atoms with Gasteiger partial charge in [-0.15, -0.1) is 5.10 Å². The van der Waals surface area contributed by atoms with Crippen molar-refractivity contribution < 1.29 is 4.42 Å². The molecule has 0 spiro atoms. The van der Waals surface area contributed by atoms with E-state index in [1.54, 1.807) is 12.4 Å². The minimum Gasteiger partial charge on any atom is -0.407 e. The molecule has 1 N–H and O–H groups in total. The smallest absolute Gasteiger partial charge is 0.318 e. The summed E-state index contributed by atoms with van der Waals surface area (Å²) in [6.07, 6.45) is 3.58. The highest BCUT2D eigenvalue weighted by Crippen LogP contribution is 2.15. The van der Waals surface area contributed by atoms with E-state index in [1.807, 2.05) is 17.0 Å². The summed E-state index contributed by atoms with van der Waals surface area (Å²) < 4.78 is 5.72. The highest BCUT2D eigenvalue weighted by Gasteiger charge is 2.13. The van der Waals surface area contributed by atoms with E-state index in [1.165, 1.54) is 5.56 Å². The van der Waals surface area contributed by atoms with Crippen molar-refractivity contribution in [3.8, 4) is 0 Å². The number of anilines is 1. The molecule has 0 unspecified atom stereocenters. The summed E-state index contributed by atoms with van der Waals surface area (Å²) in [5, 5.41) is 11.5.